The van der Waals surface area contributed by atoms with Crippen LogP contribution in [0.5, 0.6) is 5.75 Å². The van der Waals surface area contributed by atoms with Gasteiger partial charge in [0.25, 0.3) is 5.56 Å². The van der Waals surface area contributed by atoms with Gasteiger partial charge < -0.3 is 15.0 Å². The predicted octanol–water partition coefficient (Wildman–Crippen LogP) is 2.21. The maximum absolute atomic E-state index is 12.2. The van der Waals surface area contributed by atoms with Crippen molar-refractivity contribution in [1.82, 2.24) is 4.57 Å². The molecule has 2 aromatic rings. The zero-order valence-corrected chi connectivity index (χ0v) is 12.2. The molecule has 112 valence electrons. The lowest BCUT2D eigenvalue weighted by molar-refractivity contribution is 0.314. The van der Waals surface area contributed by atoms with Crippen LogP contribution in [0.4, 0.5) is 0 Å². The zero-order valence-electron chi connectivity index (χ0n) is 12.2. The molecular formula is C17H22N2O2. The van der Waals surface area contributed by atoms with Crippen LogP contribution in [0.1, 0.15) is 18.4 Å². The van der Waals surface area contributed by atoms with Gasteiger partial charge in [0.1, 0.15) is 0 Å². The van der Waals surface area contributed by atoms with Gasteiger partial charge in [0.15, 0.2) is 5.75 Å². The first-order valence-electron chi connectivity index (χ1n) is 7.37. The number of aromatic nitrogens is 1. The summed E-state index contributed by atoms with van der Waals surface area (Å²) in [4.78, 5) is 12.2. The van der Waals surface area contributed by atoms with Crippen LogP contribution in [0.15, 0.2) is 53.5 Å². The number of unbranched alkanes of at least 4 members (excludes halogenated alkanes) is 1. The Morgan fingerprint density at radius 1 is 1.05 bits per heavy atom. The molecule has 0 atom stereocenters. The molecule has 4 heteroatoms. The summed E-state index contributed by atoms with van der Waals surface area (Å²) in [6.07, 6.45) is 4.42. The third kappa shape index (κ3) is 4.76. The standard InChI is InChI=1S/C17H22N2O2/c18-11-4-5-12-19-13-6-9-16(17(19)20)21-14-10-15-7-2-1-3-8-15/h1-3,6-9,13H,4-5,10-12,14,18H2. The molecule has 1 aromatic carbocycles. The van der Waals surface area contributed by atoms with Crippen molar-refractivity contribution in [3.63, 3.8) is 0 Å². The summed E-state index contributed by atoms with van der Waals surface area (Å²) in [7, 11) is 0. The van der Waals surface area contributed by atoms with E-state index in [4.69, 9.17) is 10.5 Å². The lowest BCUT2D eigenvalue weighted by Crippen LogP contribution is -2.22. The Balaban J connectivity index is 1.91. The molecule has 0 unspecified atom stereocenters. The SMILES string of the molecule is NCCCCn1cccc(OCCc2ccccc2)c1=O. The molecular weight excluding hydrogens is 264 g/mol. The van der Waals surface area contributed by atoms with Crippen LogP contribution in [0.25, 0.3) is 0 Å². The van der Waals surface area contributed by atoms with E-state index in [-0.39, 0.29) is 5.56 Å². The smallest absolute Gasteiger partial charge is 0.292 e. The summed E-state index contributed by atoms with van der Waals surface area (Å²) in [5.41, 5.74) is 6.61. The molecule has 0 spiro atoms. The highest BCUT2D eigenvalue weighted by molar-refractivity contribution is 5.18. The average molecular weight is 286 g/mol. The quantitative estimate of drug-likeness (QED) is 0.757. The monoisotopic (exact) mass is 286 g/mol. The molecule has 0 bridgehead atoms. The van der Waals surface area contributed by atoms with Gasteiger partial charge in [-0.1, -0.05) is 30.3 Å². The molecule has 1 aromatic heterocycles. The minimum Gasteiger partial charge on any atom is -0.488 e. The number of hydrogen-bond donors (Lipinski definition) is 1. The number of aryl methyl sites for hydroxylation is 1. The van der Waals surface area contributed by atoms with Gasteiger partial charge in [-0.15, -0.1) is 0 Å². The predicted molar refractivity (Wildman–Crippen MR) is 84.6 cm³/mol. The summed E-state index contributed by atoms with van der Waals surface area (Å²) in [5, 5.41) is 0. The van der Waals surface area contributed by atoms with E-state index in [0.29, 0.717) is 25.4 Å². The summed E-state index contributed by atoms with van der Waals surface area (Å²) in [6, 6.07) is 13.7. The average Bonchev–Trinajstić information content (AvgIpc) is 2.52. The molecule has 0 radical (unpaired) electrons. The summed E-state index contributed by atoms with van der Waals surface area (Å²) in [6.45, 7) is 1.85. The third-order valence-corrected chi connectivity index (χ3v) is 3.33. The van der Waals surface area contributed by atoms with Crippen molar-refractivity contribution in [2.45, 2.75) is 25.8 Å². The van der Waals surface area contributed by atoms with Crippen molar-refractivity contribution in [2.24, 2.45) is 5.73 Å². The minimum absolute atomic E-state index is 0.0671. The Kier molecular flexibility index (Phi) is 6.03. The van der Waals surface area contributed by atoms with E-state index in [1.807, 2.05) is 24.3 Å². The topological polar surface area (TPSA) is 57.2 Å². The van der Waals surface area contributed by atoms with Gasteiger partial charge in [0, 0.05) is 19.2 Å². The number of pyridine rings is 1. The van der Waals surface area contributed by atoms with Gasteiger partial charge in [-0.25, -0.2) is 0 Å². The van der Waals surface area contributed by atoms with Gasteiger partial charge in [0.05, 0.1) is 6.61 Å². The van der Waals surface area contributed by atoms with Gasteiger partial charge in [-0.05, 0) is 37.1 Å². The van der Waals surface area contributed by atoms with E-state index >= 15 is 0 Å². The molecule has 1 heterocycles. The summed E-state index contributed by atoms with van der Waals surface area (Å²) in [5.74, 6) is 0.418. The van der Waals surface area contributed by atoms with Crippen LogP contribution in [-0.2, 0) is 13.0 Å². The van der Waals surface area contributed by atoms with Gasteiger partial charge in [-0.3, -0.25) is 4.79 Å². The van der Waals surface area contributed by atoms with Crippen molar-refractivity contribution in [1.29, 1.82) is 0 Å². The largest absolute Gasteiger partial charge is 0.488 e. The van der Waals surface area contributed by atoms with Crippen molar-refractivity contribution < 1.29 is 4.74 Å². The fourth-order valence-corrected chi connectivity index (χ4v) is 2.15. The molecule has 0 fully saturated rings. The second kappa shape index (κ2) is 8.27. The first-order chi connectivity index (χ1) is 10.3. The van der Waals surface area contributed by atoms with Crippen molar-refractivity contribution in [3.8, 4) is 5.75 Å². The first-order valence-corrected chi connectivity index (χ1v) is 7.37. The Hall–Kier alpha value is -2.07. The highest BCUT2D eigenvalue weighted by atomic mass is 16.5. The molecule has 0 aliphatic carbocycles. The van der Waals surface area contributed by atoms with Crippen LogP contribution in [0, 0.1) is 0 Å². The van der Waals surface area contributed by atoms with Gasteiger partial charge in [0.2, 0.25) is 0 Å². The molecule has 0 saturated carbocycles. The van der Waals surface area contributed by atoms with Crippen molar-refractivity contribution >= 4 is 0 Å². The highest BCUT2D eigenvalue weighted by Gasteiger charge is 2.04. The van der Waals surface area contributed by atoms with E-state index in [1.165, 1.54) is 5.56 Å². The number of benzene rings is 1. The molecule has 2 rings (SSSR count). The maximum Gasteiger partial charge on any atom is 0.292 e. The van der Waals surface area contributed by atoms with Crippen LogP contribution < -0.4 is 16.0 Å². The normalized spacial score (nSPS) is 10.5. The number of ether oxygens (including phenoxy) is 1. The molecule has 0 amide bonds. The van der Waals surface area contributed by atoms with Crippen LogP contribution in [0.3, 0.4) is 0 Å². The Labute approximate surface area is 125 Å². The van der Waals surface area contributed by atoms with E-state index < -0.39 is 0 Å². The zero-order chi connectivity index (χ0) is 14.9. The molecule has 0 aliphatic rings. The molecule has 0 saturated heterocycles. The highest BCUT2D eigenvalue weighted by Crippen LogP contribution is 2.05. The van der Waals surface area contributed by atoms with Crippen LogP contribution in [-0.4, -0.2) is 17.7 Å². The second-order valence-corrected chi connectivity index (χ2v) is 4.95. The van der Waals surface area contributed by atoms with Gasteiger partial charge in [-0.2, -0.15) is 0 Å². The van der Waals surface area contributed by atoms with E-state index in [9.17, 15) is 4.79 Å². The fraction of sp³-hybridized carbons (Fsp3) is 0.353. The number of nitrogens with two attached hydrogens (primary N) is 1. The van der Waals surface area contributed by atoms with E-state index in [1.54, 1.807) is 16.8 Å². The van der Waals surface area contributed by atoms with Crippen LogP contribution >= 0.6 is 0 Å². The fourth-order valence-electron chi connectivity index (χ4n) is 2.15. The van der Waals surface area contributed by atoms with E-state index in [2.05, 4.69) is 12.1 Å². The minimum atomic E-state index is -0.0671. The summed E-state index contributed by atoms with van der Waals surface area (Å²) < 4.78 is 7.32. The first kappa shape index (κ1) is 15.3. The molecule has 0 aliphatic heterocycles. The summed E-state index contributed by atoms with van der Waals surface area (Å²) >= 11 is 0. The Bertz CT molecular complexity index is 593. The lowest BCUT2D eigenvalue weighted by atomic mass is 10.2. The Morgan fingerprint density at radius 2 is 1.86 bits per heavy atom. The van der Waals surface area contributed by atoms with Gasteiger partial charge >= 0.3 is 0 Å². The van der Waals surface area contributed by atoms with E-state index in [0.717, 1.165) is 19.3 Å². The third-order valence-electron chi connectivity index (χ3n) is 3.33. The Morgan fingerprint density at radius 3 is 2.62 bits per heavy atom. The molecule has 2 N–H and O–H groups in total. The molecule has 21 heavy (non-hydrogen) atoms. The second-order valence-electron chi connectivity index (χ2n) is 4.95. The lowest BCUT2D eigenvalue weighted by Gasteiger charge is -2.09. The van der Waals surface area contributed by atoms with Crippen molar-refractivity contribution in [2.75, 3.05) is 13.2 Å². The number of rotatable bonds is 8. The maximum atomic E-state index is 12.2. The number of hydrogen-bond acceptors (Lipinski definition) is 3. The molecule has 4 nitrogen and oxygen atoms in total. The number of nitrogens with zero attached hydrogens (tertiary/aromatic N) is 1. The van der Waals surface area contributed by atoms with Crippen molar-refractivity contribution in [3.05, 3.63) is 64.6 Å². The van der Waals surface area contributed by atoms with Crippen LogP contribution in [0.2, 0.25) is 0 Å².